The van der Waals surface area contributed by atoms with E-state index in [2.05, 4.69) is 134 Å². The first-order chi connectivity index (χ1) is 20.3. The van der Waals surface area contributed by atoms with Crippen LogP contribution in [0.4, 0.5) is 0 Å². The van der Waals surface area contributed by atoms with Crippen LogP contribution in [0, 0.1) is 12.3 Å². The molecule has 0 fully saturated rings. The highest BCUT2D eigenvalue weighted by molar-refractivity contribution is 6.15. The van der Waals surface area contributed by atoms with E-state index in [-0.39, 0.29) is 0 Å². The van der Waals surface area contributed by atoms with E-state index < -0.39 is 0 Å². The molecule has 0 radical (unpaired) electrons. The second-order valence-electron chi connectivity index (χ2n) is 10.9. The molecule has 2 aliphatic carbocycles. The lowest BCUT2D eigenvalue weighted by molar-refractivity contribution is 0.834. The molecule has 0 heterocycles. The standard InChI is InChI=1S/C41H32/c1-3-15-35-30(4-2)40(36-26-12-19-29-18-8-9-20-32(29)36)38-21-10-11-22-39(38)41(35)37-27-14-24-33-31(23-13-25-34(33)37)28-16-6-5-7-17-28/h2-3,5-7,9-11,13-17,20-27H,8,12,18-19H2,1H3/b15-3-. The minimum Gasteiger partial charge on any atom is -0.115 e. The number of rotatable bonds is 4. The largest absolute Gasteiger partial charge is 0.115 e. The zero-order valence-corrected chi connectivity index (χ0v) is 23.5. The van der Waals surface area contributed by atoms with Crippen LogP contribution in [0.5, 0.6) is 0 Å². The average Bonchev–Trinajstić information content (AvgIpc) is 3.04. The van der Waals surface area contributed by atoms with E-state index in [0.29, 0.717) is 0 Å². The highest BCUT2D eigenvalue weighted by atomic mass is 14.3. The third-order valence-electron chi connectivity index (χ3n) is 8.64. The summed E-state index contributed by atoms with van der Waals surface area (Å²) in [6.45, 7) is 2.08. The van der Waals surface area contributed by atoms with Crippen molar-refractivity contribution in [1.29, 1.82) is 0 Å². The van der Waals surface area contributed by atoms with Crippen molar-refractivity contribution >= 4 is 33.2 Å². The van der Waals surface area contributed by atoms with Crippen LogP contribution in [0.3, 0.4) is 0 Å². The van der Waals surface area contributed by atoms with Gasteiger partial charge in [0.2, 0.25) is 0 Å². The predicted octanol–water partition coefficient (Wildman–Crippen LogP) is 11.2. The molecule has 0 N–H and O–H groups in total. The van der Waals surface area contributed by atoms with Crippen LogP contribution in [0.1, 0.15) is 49.3 Å². The zero-order valence-electron chi connectivity index (χ0n) is 23.5. The smallest absolute Gasteiger partial charge is 0.0406 e. The van der Waals surface area contributed by atoms with Crippen molar-refractivity contribution in [2.24, 2.45) is 0 Å². The number of allylic oxidation sites excluding steroid dienone is 7. The van der Waals surface area contributed by atoms with Crippen LogP contribution in [0.15, 0.2) is 126 Å². The predicted molar refractivity (Wildman–Crippen MR) is 178 cm³/mol. The van der Waals surface area contributed by atoms with Gasteiger partial charge in [-0.05, 0) is 93.1 Å². The summed E-state index contributed by atoms with van der Waals surface area (Å²) >= 11 is 0. The number of benzene rings is 5. The Bertz CT molecular complexity index is 1980. The van der Waals surface area contributed by atoms with Crippen molar-refractivity contribution < 1.29 is 0 Å². The molecule has 0 unspecified atom stereocenters. The molecule has 0 aliphatic heterocycles. The van der Waals surface area contributed by atoms with Crippen molar-refractivity contribution in [3.63, 3.8) is 0 Å². The Balaban J connectivity index is 1.58. The summed E-state index contributed by atoms with van der Waals surface area (Å²) in [5.74, 6) is 3.19. The average molecular weight is 525 g/mol. The Kier molecular flexibility index (Phi) is 6.50. The molecule has 5 aromatic carbocycles. The van der Waals surface area contributed by atoms with Gasteiger partial charge in [0.15, 0.2) is 0 Å². The van der Waals surface area contributed by atoms with E-state index in [1.54, 1.807) is 5.57 Å². The van der Waals surface area contributed by atoms with Crippen LogP contribution in [-0.4, -0.2) is 0 Å². The number of hydrogen-bond donors (Lipinski definition) is 0. The Hall–Kier alpha value is -4.86. The maximum Gasteiger partial charge on any atom is 0.0406 e. The fourth-order valence-electron chi connectivity index (χ4n) is 6.90. The van der Waals surface area contributed by atoms with E-state index in [0.717, 1.165) is 36.8 Å². The van der Waals surface area contributed by atoms with Gasteiger partial charge in [-0.25, -0.2) is 0 Å². The SMILES string of the molecule is C#Cc1c(/C=C\C)c(-c2cccc3c(-c4ccccc4)cccc23)c2ccccc2c1C1=CCCC2=C1C=CCC2. The number of fused-ring (bicyclic) bond motifs is 2. The van der Waals surface area contributed by atoms with Crippen molar-refractivity contribution in [1.82, 2.24) is 0 Å². The Labute approximate surface area is 243 Å². The molecule has 0 aromatic heterocycles. The molecule has 0 saturated heterocycles. The maximum absolute atomic E-state index is 6.46. The van der Waals surface area contributed by atoms with Crippen molar-refractivity contribution in [3.05, 3.63) is 143 Å². The van der Waals surface area contributed by atoms with Gasteiger partial charge in [-0.15, -0.1) is 6.42 Å². The van der Waals surface area contributed by atoms with Gasteiger partial charge in [-0.1, -0.05) is 133 Å². The Morgan fingerprint density at radius 1 is 0.683 bits per heavy atom. The van der Waals surface area contributed by atoms with E-state index in [1.165, 1.54) is 60.5 Å². The molecule has 196 valence electrons. The van der Waals surface area contributed by atoms with Gasteiger partial charge in [0.05, 0.1) is 0 Å². The van der Waals surface area contributed by atoms with Crippen molar-refractivity contribution in [3.8, 4) is 34.6 Å². The van der Waals surface area contributed by atoms with Crippen LogP contribution in [0.25, 0.3) is 55.4 Å². The van der Waals surface area contributed by atoms with Crippen LogP contribution in [-0.2, 0) is 0 Å². The fourth-order valence-corrected chi connectivity index (χ4v) is 6.90. The molecule has 41 heavy (non-hydrogen) atoms. The summed E-state index contributed by atoms with van der Waals surface area (Å²) in [6, 6.07) is 32.9. The molecule has 0 heteroatoms. The molecule has 7 rings (SSSR count). The molecule has 0 nitrogen and oxygen atoms in total. The summed E-state index contributed by atoms with van der Waals surface area (Å²) in [4.78, 5) is 0. The van der Waals surface area contributed by atoms with E-state index >= 15 is 0 Å². The zero-order chi connectivity index (χ0) is 27.8. The van der Waals surface area contributed by atoms with Gasteiger partial charge in [0, 0.05) is 11.1 Å². The van der Waals surface area contributed by atoms with Gasteiger partial charge in [-0.3, -0.25) is 0 Å². The molecule has 0 amide bonds. The molecule has 0 saturated carbocycles. The lowest BCUT2D eigenvalue weighted by atomic mass is 9.77. The van der Waals surface area contributed by atoms with Gasteiger partial charge >= 0.3 is 0 Å². The lowest BCUT2D eigenvalue weighted by Gasteiger charge is -2.27. The second kappa shape index (κ2) is 10.6. The van der Waals surface area contributed by atoms with Crippen LogP contribution >= 0.6 is 0 Å². The first-order valence-corrected chi connectivity index (χ1v) is 14.6. The van der Waals surface area contributed by atoms with Crippen molar-refractivity contribution in [2.75, 3.05) is 0 Å². The summed E-state index contributed by atoms with van der Waals surface area (Å²) in [5.41, 5.74) is 12.4. The highest BCUT2D eigenvalue weighted by Gasteiger charge is 2.25. The van der Waals surface area contributed by atoms with Gasteiger partial charge in [-0.2, -0.15) is 0 Å². The third-order valence-corrected chi connectivity index (χ3v) is 8.64. The molecule has 0 bridgehead atoms. The molecule has 0 spiro atoms. The lowest BCUT2D eigenvalue weighted by Crippen LogP contribution is -2.06. The van der Waals surface area contributed by atoms with E-state index in [9.17, 15) is 0 Å². The van der Waals surface area contributed by atoms with E-state index in [1.807, 2.05) is 0 Å². The van der Waals surface area contributed by atoms with E-state index in [4.69, 9.17) is 6.42 Å². The molecule has 2 aliphatic rings. The number of hydrogen-bond acceptors (Lipinski definition) is 0. The van der Waals surface area contributed by atoms with Gasteiger partial charge in [0.1, 0.15) is 0 Å². The monoisotopic (exact) mass is 524 g/mol. The minimum atomic E-state index is 0.979. The summed E-state index contributed by atoms with van der Waals surface area (Å²) in [5, 5.41) is 4.94. The highest BCUT2D eigenvalue weighted by Crippen LogP contribution is 2.47. The second-order valence-corrected chi connectivity index (χ2v) is 10.9. The van der Waals surface area contributed by atoms with Crippen LogP contribution in [0.2, 0.25) is 0 Å². The Morgan fingerprint density at radius 3 is 2.10 bits per heavy atom. The molecule has 5 aromatic rings. The summed E-state index contributed by atoms with van der Waals surface area (Å²) in [7, 11) is 0. The van der Waals surface area contributed by atoms with Gasteiger partial charge < -0.3 is 0 Å². The number of terminal acetylenes is 1. The minimum absolute atomic E-state index is 0.979. The van der Waals surface area contributed by atoms with Gasteiger partial charge in [0.25, 0.3) is 0 Å². The quantitative estimate of drug-likeness (QED) is 0.205. The van der Waals surface area contributed by atoms with Crippen molar-refractivity contribution in [2.45, 2.75) is 32.6 Å². The third kappa shape index (κ3) is 4.18. The summed E-state index contributed by atoms with van der Waals surface area (Å²) < 4.78 is 0. The fraction of sp³-hybridized carbons (Fsp3) is 0.122. The van der Waals surface area contributed by atoms with Crippen LogP contribution < -0.4 is 0 Å². The topological polar surface area (TPSA) is 0 Å². The Morgan fingerprint density at radius 2 is 1.34 bits per heavy atom. The normalized spacial score (nSPS) is 14.9. The molecular weight excluding hydrogens is 492 g/mol. The first kappa shape index (κ1) is 25.1. The maximum atomic E-state index is 6.46. The summed E-state index contributed by atoms with van der Waals surface area (Å²) in [6.07, 6.45) is 22.3. The molecular formula is C41H32. The molecule has 0 atom stereocenters. The first-order valence-electron chi connectivity index (χ1n) is 14.6.